The predicted octanol–water partition coefficient (Wildman–Crippen LogP) is 1.61. The average molecular weight is 374 g/mol. The fourth-order valence-electron chi connectivity index (χ4n) is 3.59. The van der Waals surface area contributed by atoms with Crippen LogP contribution in [0.5, 0.6) is 0 Å². The number of aromatic nitrogens is 2. The topological polar surface area (TPSA) is 70.1 Å². The van der Waals surface area contributed by atoms with Crippen molar-refractivity contribution < 1.29 is 4.79 Å². The fourth-order valence-corrected chi connectivity index (χ4v) is 3.59. The van der Waals surface area contributed by atoms with Crippen LogP contribution in [0.25, 0.3) is 11.8 Å². The van der Waals surface area contributed by atoms with Gasteiger partial charge in [0.05, 0.1) is 17.1 Å². The van der Waals surface area contributed by atoms with Gasteiger partial charge in [-0.05, 0) is 36.8 Å². The Morgan fingerprint density at radius 1 is 1.14 bits per heavy atom. The Morgan fingerprint density at radius 3 is 2.68 bits per heavy atom. The Bertz CT molecular complexity index is 1210. The second-order valence-electron chi connectivity index (χ2n) is 6.91. The van der Waals surface area contributed by atoms with E-state index in [-0.39, 0.29) is 11.5 Å². The highest BCUT2D eigenvalue weighted by atomic mass is 16.1. The van der Waals surface area contributed by atoms with Crippen LogP contribution >= 0.6 is 0 Å². The van der Waals surface area contributed by atoms with E-state index < -0.39 is 0 Å². The predicted molar refractivity (Wildman–Crippen MR) is 111 cm³/mol. The Morgan fingerprint density at radius 2 is 1.93 bits per heavy atom. The molecule has 1 amide bonds. The van der Waals surface area contributed by atoms with Crippen LogP contribution in [0.3, 0.4) is 0 Å². The van der Waals surface area contributed by atoms with Crippen LogP contribution in [-0.2, 0) is 11.3 Å². The Balaban J connectivity index is 1.74. The van der Waals surface area contributed by atoms with Gasteiger partial charge in [-0.2, -0.15) is 0 Å². The second-order valence-corrected chi connectivity index (χ2v) is 6.91. The largest absolute Gasteiger partial charge is 0.341 e. The van der Waals surface area contributed by atoms with Gasteiger partial charge < -0.3 is 10.2 Å². The van der Waals surface area contributed by atoms with Crippen molar-refractivity contribution in [3.63, 3.8) is 0 Å². The number of carbonyl (C=O) groups excluding carboxylic acids is 1. The summed E-state index contributed by atoms with van der Waals surface area (Å²) in [5, 5.41) is 7.58. The first-order valence-electron chi connectivity index (χ1n) is 9.22. The molecule has 2 N–H and O–H groups in total. The van der Waals surface area contributed by atoms with Crippen molar-refractivity contribution in [2.45, 2.75) is 20.4 Å². The molecule has 1 aromatic heterocycles. The number of nitrogens with one attached hydrogen (secondary N) is 2. The number of nitrogens with zero attached hydrogens (tertiary/aromatic N) is 2. The number of hydrogen-bond donors (Lipinski definition) is 2. The fraction of sp³-hybridized carbons (Fsp3) is 0.182. The molecule has 6 heteroatoms. The standard InChI is InChI=1S/C22H22N4O2/c1-15-21-20(24-26(22(21)28)14-17-7-4-3-5-8-17)11-12-25(15)19-10-6-9-18(13-19)23-16(2)27/h3-11,13,24H,12,14H2,1-2H3,(H,23,27). The summed E-state index contributed by atoms with van der Waals surface area (Å²) in [7, 11) is 0. The van der Waals surface area contributed by atoms with Crippen molar-refractivity contribution >= 4 is 29.1 Å². The zero-order valence-electron chi connectivity index (χ0n) is 15.9. The number of H-pyrrole nitrogens is 1. The second kappa shape index (κ2) is 7.23. The van der Waals surface area contributed by atoms with Crippen LogP contribution in [0.15, 0.2) is 59.4 Å². The van der Waals surface area contributed by atoms with Gasteiger partial charge in [-0.3, -0.25) is 14.7 Å². The molecule has 3 aromatic rings. The maximum absolute atomic E-state index is 13.0. The van der Waals surface area contributed by atoms with Gasteiger partial charge >= 0.3 is 0 Å². The SMILES string of the molecule is CC(=O)Nc1cccc(N2CC=c3[nH]n(Cc4ccccc4)c(=O)c3=C2C)c1. The number of benzene rings is 2. The molecule has 0 bridgehead atoms. The lowest BCUT2D eigenvalue weighted by Gasteiger charge is -2.26. The lowest BCUT2D eigenvalue weighted by molar-refractivity contribution is -0.114. The number of amides is 1. The Kier molecular flexibility index (Phi) is 4.61. The van der Waals surface area contributed by atoms with Gasteiger partial charge in [0.15, 0.2) is 0 Å². The van der Waals surface area contributed by atoms with Gasteiger partial charge in [-0.15, -0.1) is 0 Å². The maximum Gasteiger partial charge on any atom is 0.276 e. The first-order chi connectivity index (χ1) is 13.5. The smallest absolute Gasteiger partial charge is 0.276 e. The molecule has 0 saturated heterocycles. The van der Waals surface area contributed by atoms with Crippen LogP contribution in [-0.4, -0.2) is 22.2 Å². The number of hydrogen-bond acceptors (Lipinski definition) is 3. The van der Waals surface area contributed by atoms with Gasteiger partial charge in [0, 0.05) is 30.5 Å². The molecule has 0 fully saturated rings. The Hall–Kier alpha value is -3.54. The summed E-state index contributed by atoms with van der Waals surface area (Å²) in [6, 6.07) is 17.6. The minimum atomic E-state index is -0.111. The van der Waals surface area contributed by atoms with E-state index in [1.54, 1.807) is 4.68 Å². The molecule has 4 rings (SSSR count). The molecule has 0 saturated carbocycles. The first-order valence-corrected chi connectivity index (χ1v) is 9.22. The third kappa shape index (κ3) is 3.36. The van der Waals surface area contributed by atoms with E-state index in [0.29, 0.717) is 18.3 Å². The highest BCUT2D eigenvalue weighted by molar-refractivity contribution is 5.89. The molecule has 6 nitrogen and oxygen atoms in total. The van der Waals surface area contributed by atoms with Gasteiger partial charge in [-0.1, -0.05) is 36.4 Å². The average Bonchev–Trinajstić information content (AvgIpc) is 2.99. The third-order valence-corrected chi connectivity index (χ3v) is 4.89. The quantitative estimate of drug-likeness (QED) is 0.729. The molecule has 28 heavy (non-hydrogen) atoms. The van der Waals surface area contributed by atoms with Crippen molar-refractivity contribution in [1.29, 1.82) is 0 Å². The molecule has 2 heterocycles. The van der Waals surface area contributed by atoms with Crippen molar-refractivity contribution in [2.24, 2.45) is 0 Å². The molecule has 0 spiro atoms. The number of aromatic amines is 1. The monoisotopic (exact) mass is 374 g/mol. The summed E-state index contributed by atoms with van der Waals surface area (Å²) in [5.41, 5.74) is 3.60. The molecule has 0 radical (unpaired) electrons. The number of anilines is 2. The molecule has 0 atom stereocenters. The maximum atomic E-state index is 13.0. The van der Waals surface area contributed by atoms with E-state index in [4.69, 9.17) is 0 Å². The molecule has 0 aliphatic carbocycles. The molecule has 1 aliphatic rings. The minimum absolute atomic E-state index is 0.0321. The van der Waals surface area contributed by atoms with Gasteiger partial charge in [0.2, 0.25) is 5.91 Å². The van der Waals surface area contributed by atoms with Crippen LogP contribution in [0.2, 0.25) is 0 Å². The lowest BCUT2D eigenvalue weighted by Crippen LogP contribution is -2.45. The van der Waals surface area contributed by atoms with Gasteiger partial charge in [0.1, 0.15) is 0 Å². The van der Waals surface area contributed by atoms with Crippen molar-refractivity contribution in [3.8, 4) is 0 Å². The number of rotatable bonds is 4. The lowest BCUT2D eigenvalue weighted by atomic mass is 10.2. The van der Waals surface area contributed by atoms with E-state index in [9.17, 15) is 9.59 Å². The third-order valence-electron chi connectivity index (χ3n) is 4.89. The summed E-state index contributed by atoms with van der Waals surface area (Å²) in [4.78, 5) is 26.4. The highest BCUT2D eigenvalue weighted by Crippen LogP contribution is 2.23. The molecule has 142 valence electrons. The number of fused-ring (bicyclic) bond motifs is 1. The van der Waals surface area contributed by atoms with Crippen molar-refractivity contribution in [3.05, 3.63) is 81.1 Å². The highest BCUT2D eigenvalue weighted by Gasteiger charge is 2.17. The van der Waals surface area contributed by atoms with Crippen LogP contribution < -0.4 is 26.3 Å². The Labute approximate surface area is 162 Å². The van der Waals surface area contributed by atoms with E-state index >= 15 is 0 Å². The van der Waals surface area contributed by atoms with E-state index in [0.717, 1.165) is 28.0 Å². The van der Waals surface area contributed by atoms with Crippen molar-refractivity contribution in [2.75, 3.05) is 16.8 Å². The molecule has 1 aliphatic heterocycles. The van der Waals surface area contributed by atoms with E-state index in [1.165, 1.54) is 6.92 Å². The summed E-state index contributed by atoms with van der Waals surface area (Å²) in [6.07, 6.45) is 2.02. The van der Waals surface area contributed by atoms with Crippen molar-refractivity contribution in [1.82, 2.24) is 9.78 Å². The normalized spacial score (nSPS) is 13.1. The summed E-state index contributed by atoms with van der Waals surface area (Å²) >= 11 is 0. The summed E-state index contributed by atoms with van der Waals surface area (Å²) in [5.74, 6) is -0.111. The first kappa shape index (κ1) is 17.9. The molecule has 0 unspecified atom stereocenters. The van der Waals surface area contributed by atoms with Crippen LogP contribution in [0.4, 0.5) is 11.4 Å². The molecular formula is C22H22N4O2. The van der Waals surface area contributed by atoms with Crippen LogP contribution in [0, 0.1) is 0 Å². The van der Waals surface area contributed by atoms with Gasteiger partial charge in [-0.25, -0.2) is 4.68 Å². The summed E-state index contributed by atoms with van der Waals surface area (Å²) in [6.45, 7) is 4.60. The molecular weight excluding hydrogens is 352 g/mol. The summed E-state index contributed by atoms with van der Waals surface area (Å²) < 4.78 is 1.65. The van der Waals surface area contributed by atoms with Crippen LogP contribution in [0.1, 0.15) is 19.4 Å². The van der Waals surface area contributed by atoms with E-state index in [2.05, 4.69) is 15.3 Å². The zero-order valence-corrected chi connectivity index (χ0v) is 15.9. The number of carbonyl (C=O) groups is 1. The van der Waals surface area contributed by atoms with E-state index in [1.807, 2.05) is 67.6 Å². The minimum Gasteiger partial charge on any atom is -0.341 e. The molecule has 2 aromatic carbocycles. The zero-order chi connectivity index (χ0) is 19.7. The van der Waals surface area contributed by atoms with Gasteiger partial charge in [0.25, 0.3) is 5.56 Å².